The van der Waals surface area contributed by atoms with Crippen LogP contribution in [0.5, 0.6) is 0 Å². The SMILES string of the molecule is O=C([O-])[C@@H]1CC=CC[C@H]1C(=O)NCc1ccncc1. The minimum absolute atomic E-state index is 0.240. The number of carbonyl (C=O) groups is 2. The van der Waals surface area contributed by atoms with Crippen molar-refractivity contribution < 1.29 is 14.7 Å². The standard InChI is InChI=1S/C14H16N2O3/c17-13(16-9-10-5-7-15-8-6-10)11-3-1-2-4-12(11)14(18)19/h1-2,5-8,11-12H,3-4,9H2,(H,16,17)(H,18,19)/p-1/t11-,12-/m1/s1. The molecule has 1 aliphatic rings. The van der Waals surface area contributed by atoms with E-state index in [2.05, 4.69) is 10.3 Å². The predicted molar refractivity (Wildman–Crippen MR) is 66.4 cm³/mol. The summed E-state index contributed by atoms with van der Waals surface area (Å²) in [5, 5.41) is 13.8. The Bertz CT molecular complexity index is 485. The van der Waals surface area contributed by atoms with Crippen LogP contribution in [0.15, 0.2) is 36.7 Å². The first kappa shape index (κ1) is 13.3. The van der Waals surface area contributed by atoms with Gasteiger partial charge in [-0.15, -0.1) is 0 Å². The van der Waals surface area contributed by atoms with Crippen LogP contribution in [0, 0.1) is 11.8 Å². The minimum Gasteiger partial charge on any atom is -0.550 e. The molecule has 0 spiro atoms. The molecule has 2 atom stereocenters. The van der Waals surface area contributed by atoms with Gasteiger partial charge >= 0.3 is 0 Å². The van der Waals surface area contributed by atoms with E-state index in [1.807, 2.05) is 6.08 Å². The van der Waals surface area contributed by atoms with E-state index >= 15 is 0 Å². The van der Waals surface area contributed by atoms with Crippen LogP contribution >= 0.6 is 0 Å². The highest BCUT2D eigenvalue weighted by atomic mass is 16.4. The zero-order valence-corrected chi connectivity index (χ0v) is 10.4. The van der Waals surface area contributed by atoms with Gasteiger partial charge in [-0.2, -0.15) is 0 Å². The Kier molecular flexibility index (Phi) is 4.28. The van der Waals surface area contributed by atoms with Crippen molar-refractivity contribution in [2.45, 2.75) is 19.4 Å². The normalized spacial score (nSPS) is 21.9. The highest BCUT2D eigenvalue weighted by molar-refractivity contribution is 5.84. The second-order valence-electron chi connectivity index (χ2n) is 4.55. The molecule has 19 heavy (non-hydrogen) atoms. The second-order valence-corrected chi connectivity index (χ2v) is 4.55. The number of hydrogen-bond acceptors (Lipinski definition) is 4. The van der Waals surface area contributed by atoms with Gasteiger partial charge < -0.3 is 15.2 Å². The summed E-state index contributed by atoms with van der Waals surface area (Å²) in [7, 11) is 0. The minimum atomic E-state index is -1.16. The molecule has 5 nitrogen and oxygen atoms in total. The van der Waals surface area contributed by atoms with Crippen LogP contribution in [0.4, 0.5) is 0 Å². The average molecular weight is 259 g/mol. The number of hydrogen-bond donors (Lipinski definition) is 1. The molecule has 100 valence electrons. The third-order valence-electron chi connectivity index (χ3n) is 3.29. The predicted octanol–water partition coefficient (Wildman–Crippen LogP) is 0.0301. The molecule has 1 aromatic heterocycles. The van der Waals surface area contributed by atoms with Crippen LogP contribution in [0.1, 0.15) is 18.4 Å². The zero-order chi connectivity index (χ0) is 13.7. The number of pyridine rings is 1. The van der Waals surface area contributed by atoms with Crippen molar-refractivity contribution in [3.05, 3.63) is 42.2 Å². The number of carboxylic acid groups (broad SMARTS) is 1. The summed E-state index contributed by atoms with van der Waals surface area (Å²) in [6.07, 6.45) is 7.73. The molecule has 0 saturated carbocycles. The molecular formula is C14H15N2O3-. The Labute approximate surface area is 111 Å². The van der Waals surface area contributed by atoms with E-state index in [1.165, 1.54) is 0 Å². The van der Waals surface area contributed by atoms with Gasteiger partial charge in [0.05, 0.1) is 0 Å². The third kappa shape index (κ3) is 3.40. The van der Waals surface area contributed by atoms with Crippen LogP contribution in [0.3, 0.4) is 0 Å². The number of nitrogens with one attached hydrogen (secondary N) is 1. The molecule has 5 heteroatoms. The van der Waals surface area contributed by atoms with Gasteiger partial charge in [0.25, 0.3) is 0 Å². The number of carboxylic acids is 1. The maximum atomic E-state index is 12.0. The number of allylic oxidation sites excluding steroid dienone is 2. The van der Waals surface area contributed by atoms with Crippen LogP contribution < -0.4 is 10.4 Å². The molecule has 0 fully saturated rings. The van der Waals surface area contributed by atoms with Gasteiger partial charge in [-0.05, 0) is 30.5 Å². The van der Waals surface area contributed by atoms with Crippen molar-refractivity contribution in [2.75, 3.05) is 0 Å². The summed E-state index contributed by atoms with van der Waals surface area (Å²) in [6, 6.07) is 3.61. The number of aliphatic carboxylic acids is 1. The first-order valence-electron chi connectivity index (χ1n) is 6.21. The molecule has 1 aliphatic carbocycles. The number of amides is 1. The van der Waals surface area contributed by atoms with E-state index < -0.39 is 17.8 Å². The number of rotatable bonds is 4. The van der Waals surface area contributed by atoms with Crippen molar-refractivity contribution >= 4 is 11.9 Å². The van der Waals surface area contributed by atoms with E-state index in [4.69, 9.17) is 0 Å². The molecule has 2 rings (SSSR count). The highest BCUT2D eigenvalue weighted by Crippen LogP contribution is 2.25. The van der Waals surface area contributed by atoms with Crippen LogP contribution in [0.25, 0.3) is 0 Å². The fraction of sp³-hybridized carbons (Fsp3) is 0.357. The molecule has 1 N–H and O–H groups in total. The first-order valence-corrected chi connectivity index (χ1v) is 6.21. The second kappa shape index (κ2) is 6.13. The molecule has 0 unspecified atom stereocenters. The molecule has 1 aromatic rings. The Balaban J connectivity index is 1.95. The largest absolute Gasteiger partial charge is 0.550 e. The number of carbonyl (C=O) groups excluding carboxylic acids is 2. The first-order chi connectivity index (χ1) is 9.18. The summed E-state index contributed by atoms with van der Waals surface area (Å²) in [5.74, 6) is -2.68. The molecule has 0 radical (unpaired) electrons. The summed E-state index contributed by atoms with van der Waals surface area (Å²) in [4.78, 5) is 26.9. The van der Waals surface area contributed by atoms with Crippen molar-refractivity contribution in [3.8, 4) is 0 Å². The lowest BCUT2D eigenvalue weighted by Gasteiger charge is -2.28. The van der Waals surface area contributed by atoms with Gasteiger partial charge in [-0.3, -0.25) is 9.78 Å². The van der Waals surface area contributed by atoms with Gasteiger partial charge in [0.15, 0.2) is 0 Å². The third-order valence-corrected chi connectivity index (χ3v) is 3.29. The molecule has 1 amide bonds. The Morgan fingerprint density at radius 2 is 1.84 bits per heavy atom. The van der Waals surface area contributed by atoms with E-state index in [1.54, 1.807) is 30.6 Å². The number of nitrogens with zero attached hydrogens (tertiary/aromatic N) is 1. The van der Waals surface area contributed by atoms with Gasteiger partial charge in [0.1, 0.15) is 0 Å². The molecule has 1 heterocycles. The van der Waals surface area contributed by atoms with E-state index in [-0.39, 0.29) is 5.91 Å². The molecule has 0 aromatic carbocycles. The van der Waals surface area contributed by atoms with Crippen LogP contribution in [-0.2, 0) is 16.1 Å². The number of aromatic nitrogens is 1. The fourth-order valence-electron chi connectivity index (χ4n) is 2.19. The lowest BCUT2D eigenvalue weighted by molar-refractivity contribution is -0.313. The van der Waals surface area contributed by atoms with Crippen LogP contribution in [-0.4, -0.2) is 16.9 Å². The summed E-state index contributed by atoms with van der Waals surface area (Å²) < 4.78 is 0. The molecule has 0 aliphatic heterocycles. The molecule has 0 bridgehead atoms. The lowest BCUT2D eigenvalue weighted by atomic mass is 9.82. The highest BCUT2D eigenvalue weighted by Gasteiger charge is 2.29. The Morgan fingerprint density at radius 3 is 2.47 bits per heavy atom. The smallest absolute Gasteiger partial charge is 0.224 e. The maximum absolute atomic E-state index is 12.0. The fourth-order valence-corrected chi connectivity index (χ4v) is 2.19. The van der Waals surface area contributed by atoms with Crippen molar-refractivity contribution in [2.24, 2.45) is 11.8 Å². The van der Waals surface area contributed by atoms with Gasteiger partial charge in [-0.25, -0.2) is 0 Å². The lowest BCUT2D eigenvalue weighted by Crippen LogP contribution is -2.43. The summed E-state index contributed by atoms with van der Waals surface area (Å²) in [5.41, 5.74) is 0.930. The van der Waals surface area contributed by atoms with Crippen molar-refractivity contribution in [1.29, 1.82) is 0 Å². The van der Waals surface area contributed by atoms with Crippen LogP contribution in [0.2, 0.25) is 0 Å². The Hall–Kier alpha value is -2.17. The van der Waals surface area contributed by atoms with Gasteiger partial charge in [0.2, 0.25) is 5.91 Å². The van der Waals surface area contributed by atoms with E-state index in [9.17, 15) is 14.7 Å². The average Bonchev–Trinajstić information content (AvgIpc) is 2.46. The summed E-state index contributed by atoms with van der Waals surface area (Å²) in [6.45, 7) is 0.376. The van der Waals surface area contributed by atoms with E-state index in [0.29, 0.717) is 19.4 Å². The molecule has 0 saturated heterocycles. The topological polar surface area (TPSA) is 82.1 Å². The van der Waals surface area contributed by atoms with Crippen molar-refractivity contribution in [3.63, 3.8) is 0 Å². The quantitative estimate of drug-likeness (QED) is 0.773. The van der Waals surface area contributed by atoms with E-state index in [0.717, 1.165) is 5.56 Å². The van der Waals surface area contributed by atoms with Gasteiger partial charge in [0, 0.05) is 36.7 Å². The molecular weight excluding hydrogens is 244 g/mol. The zero-order valence-electron chi connectivity index (χ0n) is 10.4. The Morgan fingerprint density at radius 1 is 1.21 bits per heavy atom. The maximum Gasteiger partial charge on any atom is 0.224 e. The summed E-state index contributed by atoms with van der Waals surface area (Å²) >= 11 is 0. The monoisotopic (exact) mass is 259 g/mol. The van der Waals surface area contributed by atoms with Gasteiger partial charge in [-0.1, -0.05) is 12.2 Å². The van der Waals surface area contributed by atoms with Crippen molar-refractivity contribution in [1.82, 2.24) is 10.3 Å².